The van der Waals surface area contributed by atoms with Crippen molar-refractivity contribution in [3.63, 3.8) is 0 Å². The number of nitrogens with zero attached hydrogens (tertiary/aromatic N) is 1. The van der Waals surface area contributed by atoms with Gasteiger partial charge in [-0.1, -0.05) is 54.6 Å². The van der Waals surface area contributed by atoms with Gasteiger partial charge in [-0.15, -0.1) is 0 Å². The van der Waals surface area contributed by atoms with Crippen LogP contribution in [0.4, 0.5) is 11.5 Å². The minimum atomic E-state index is -0.160. The van der Waals surface area contributed by atoms with Gasteiger partial charge in [0, 0.05) is 23.2 Å². The van der Waals surface area contributed by atoms with Gasteiger partial charge >= 0.3 is 0 Å². The maximum Gasteiger partial charge on any atom is 0.252 e. The number of aromatic nitrogens is 1. The highest BCUT2D eigenvalue weighted by Crippen LogP contribution is 2.25. The van der Waals surface area contributed by atoms with E-state index in [1.54, 1.807) is 13.2 Å². The molecule has 3 aromatic carbocycles. The quantitative estimate of drug-likeness (QED) is 0.468. The number of hydrogen-bond donors (Lipinski definition) is 2. The minimum Gasteiger partial charge on any atom is -0.496 e. The van der Waals surface area contributed by atoms with Crippen LogP contribution in [0.5, 0.6) is 5.75 Å². The highest BCUT2D eigenvalue weighted by molar-refractivity contribution is 6.07. The summed E-state index contributed by atoms with van der Waals surface area (Å²) in [7, 11) is 1.63. The fraction of sp³-hybridized carbons (Fsp3) is 0.120. The monoisotopic (exact) mass is 397 g/mol. The number of anilines is 2. The lowest BCUT2D eigenvalue weighted by molar-refractivity contribution is 0.0952. The second-order valence-corrected chi connectivity index (χ2v) is 7.01. The Morgan fingerprint density at radius 3 is 2.53 bits per heavy atom. The number of rotatable bonds is 6. The molecular weight excluding hydrogens is 374 g/mol. The molecule has 0 unspecified atom stereocenters. The zero-order chi connectivity index (χ0) is 20.9. The summed E-state index contributed by atoms with van der Waals surface area (Å²) in [5, 5.41) is 7.16. The lowest BCUT2D eigenvalue weighted by Crippen LogP contribution is -2.23. The van der Waals surface area contributed by atoms with Crippen molar-refractivity contribution in [3.8, 4) is 5.75 Å². The van der Waals surface area contributed by atoms with E-state index in [-0.39, 0.29) is 5.91 Å². The lowest BCUT2D eigenvalue weighted by Gasteiger charge is -2.13. The van der Waals surface area contributed by atoms with Gasteiger partial charge in [0.25, 0.3) is 5.91 Å². The molecule has 2 N–H and O–H groups in total. The SMILES string of the molecule is COc1ccccc1CNC(=O)c1cc(Nc2ccccc2C)nc2ccccc12. The number of hydrogen-bond acceptors (Lipinski definition) is 4. The fourth-order valence-electron chi connectivity index (χ4n) is 3.40. The Morgan fingerprint density at radius 1 is 0.967 bits per heavy atom. The van der Waals surface area contributed by atoms with E-state index in [0.29, 0.717) is 17.9 Å². The second kappa shape index (κ2) is 8.66. The highest BCUT2D eigenvalue weighted by Gasteiger charge is 2.14. The van der Waals surface area contributed by atoms with Crippen molar-refractivity contribution < 1.29 is 9.53 Å². The van der Waals surface area contributed by atoms with Crippen LogP contribution in [0.3, 0.4) is 0 Å². The Morgan fingerprint density at radius 2 is 1.70 bits per heavy atom. The van der Waals surface area contributed by atoms with Gasteiger partial charge < -0.3 is 15.4 Å². The number of aryl methyl sites for hydroxylation is 1. The summed E-state index contributed by atoms with van der Waals surface area (Å²) in [6, 6.07) is 25.1. The van der Waals surface area contributed by atoms with E-state index < -0.39 is 0 Å². The summed E-state index contributed by atoms with van der Waals surface area (Å²) in [4.78, 5) is 17.8. The molecule has 0 fully saturated rings. The second-order valence-electron chi connectivity index (χ2n) is 7.01. The van der Waals surface area contributed by atoms with Crippen LogP contribution in [0.2, 0.25) is 0 Å². The molecule has 1 heterocycles. The molecule has 30 heavy (non-hydrogen) atoms. The fourth-order valence-corrected chi connectivity index (χ4v) is 3.40. The summed E-state index contributed by atoms with van der Waals surface area (Å²) in [5.74, 6) is 1.22. The zero-order valence-electron chi connectivity index (χ0n) is 17.0. The molecule has 0 aliphatic heterocycles. The third-order valence-corrected chi connectivity index (χ3v) is 5.00. The molecule has 0 spiro atoms. The van der Waals surface area contributed by atoms with Crippen LogP contribution >= 0.6 is 0 Å². The predicted octanol–water partition coefficient (Wildman–Crippen LogP) is 5.23. The van der Waals surface area contributed by atoms with Crippen LogP contribution < -0.4 is 15.4 Å². The molecule has 0 atom stereocenters. The average molecular weight is 397 g/mol. The van der Waals surface area contributed by atoms with Crippen molar-refractivity contribution in [2.45, 2.75) is 13.5 Å². The number of para-hydroxylation sites is 3. The van der Waals surface area contributed by atoms with Crippen molar-refractivity contribution in [1.29, 1.82) is 0 Å². The van der Waals surface area contributed by atoms with Crippen LogP contribution in [-0.2, 0) is 6.54 Å². The molecule has 0 radical (unpaired) electrons. The zero-order valence-corrected chi connectivity index (χ0v) is 17.0. The summed E-state index contributed by atoms with van der Waals surface area (Å²) >= 11 is 0. The first-order chi connectivity index (χ1) is 14.7. The van der Waals surface area contributed by atoms with Gasteiger partial charge in [0.2, 0.25) is 0 Å². The first-order valence-corrected chi connectivity index (χ1v) is 9.78. The van der Waals surface area contributed by atoms with Crippen LogP contribution in [0.1, 0.15) is 21.5 Å². The highest BCUT2D eigenvalue weighted by atomic mass is 16.5. The van der Waals surface area contributed by atoms with Gasteiger partial charge in [-0.05, 0) is 36.8 Å². The number of pyridine rings is 1. The number of ether oxygens (including phenoxy) is 1. The lowest BCUT2D eigenvalue weighted by atomic mass is 10.1. The van der Waals surface area contributed by atoms with E-state index in [1.807, 2.05) is 79.7 Å². The van der Waals surface area contributed by atoms with Gasteiger partial charge in [0.05, 0.1) is 18.2 Å². The first kappa shape index (κ1) is 19.5. The normalized spacial score (nSPS) is 10.6. The molecule has 4 rings (SSSR count). The number of methoxy groups -OCH3 is 1. The van der Waals surface area contributed by atoms with Gasteiger partial charge in [-0.2, -0.15) is 0 Å². The van der Waals surface area contributed by atoms with Crippen molar-refractivity contribution in [2.75, 3.05) is 12.4 Å². The third-order valence-electron chi connectivity index (χ3n) is 5.00. The predicted molar refractivity (Wildman–Crippen MR) is 120 cm³/mol. The maximum atomic E-state index is 13.1. The van der Waals surface area contributed by atoms with Crippen molar-refractivity contribution in [1.82, 2.24) is 10.3 Å². The molecule has 150 valence electrons. The number of benzene rings is 3. The minimum absolute atomic E-state index is 0.160. The maximum absolute atomic E-state index is 13.1. The summed E-state index contributed by atoms with van der Waals surface area (Å²) in [6.45, 7) is 2.41. The van der Waals surface area contributed by atoms with Gasteiger partial charge in [0.15, 0.2) is 0 Å². The van der Waals surface area contributed by atoms with E-state index in [1.165, 1.54) is 0 Å². The molecule has 4 aromatic rings. The van der Waals surface area contributed by atoms with Crippen LogP contribution in [-0.4, -0.2) is 18.0 Å². The number of carbonyl (C=O) groups excluding carboxylic acids is 1. The standard InChI is InChI=1S/C25H23N3O2/c1-17-9-3-6-12-21(17)27-24-15-20(19-11-5-7-13-22(19)28-24)25(29)26-16-18-10-4-8-14-23(18)30-2/h3-15H,16H2,1-2H3,(H,26,29)(H,27,28). The molecule has 0 saturated heterocycles. The van der Waals surface area contributed by atoms with Gasteiger partial charge in [-0.3, -0.25) is 4.79 Å². The molecule has 0 aliphatic rings. The van der Waals surface area contributed by atoms with Crippen molar-refractivity contribution in [3.05, 3.63) is 95.6 Å². The molecule has 0 bridgehead atoms. The molecule has 5 heteroatoms. The first-order valence-electron chi connectivity index (χ1n) is 9.78. The molecule has 1 amide bonds. The van der Waals surface area contributed by atoms with Crippen LogP contribution in [0.15, 0.2) is 78.9 Å². The van der Waals surface area contributed by atoms with E-state index in [0.717, 1.165) is 33.5 Å². The summed E-state index contributed by atoms with van der Waals surface area (Å²) in [5.41, 5.74) is 4.32. The molecule has 5 nitrogen and oxygen atoms in total. The largest absolute Gasteiger partial charge is 0.496 e. The average Bonchev–Trinajstić information content (AvgIpc) is 2.78. The molecular formula is C25H23N3O2. The van der Waals surface area contributed by atoms with E-state index in [4.69, 9.17) is 4.74 Å². The number of nitrogens with one attached hydrogen (secondary N) is 2. The smallest absolute Gasteiger partial charge is 0.252 e. The molecule has 0 aliphatic carbocycles. The van der Waals surface area contributed by atoms with E-state index >= 15 is 0 Å². The third kappa shape index (κ3) is 4.10. The van der Waals surface area contributed by atoms with E-state index in [9.17, 15) is 4.79 Å². The topological polar surface area (TPSA) is 63.2 Å². The Hall–Kier alpha value is -3.86. The molecule has 0 saturated carbocycles. The Balaban J connectivity index is 1.65. The van der Waals surface area contributed by atoms with E-state index in [2.05, 4.69) is 15.6 Å². The van der Waals surface area contributed by atoms with Crippen LogP contribution in [0, 0.1) is 6.92 Å². The number of carbonyl (C=O) groups is 1. The summed E-state index contributed by atoms with van der Waals surface area (Å²) in [6.07, 6.45) is 0. The van der Waals surface area contributed by atoms with Crippen molar-refractivity contribution in [2.24, 2.45) is 0 Å². The van der Waals surface area contributed by atoms with Crippen LogP contribution in [0.25, 0.3) is 10.9 Å². The van der Waals surface area contributed by atoms with Crippen molar-refractivity contribution >= 4 is 28.3 Å². The number of fused-ring (bicyclic) bond motifs is 1. The Kier molecular flexibility index (Phi) is 5.61. The number of amides is 1. The summed E-state index contributed by atoms with van der Waals surface area (Å²) < 4.78 is 5.38. The Labute approximate surface area is 175 Å². The molecule has 1 aromatic heterocycles. The van der Waals surface area contributed by atoms with Gasteiger partial charge in [-0.25, -0.2) is 4.98 Å². The Bertz CT molecular complexity index is 1200. The van der Waals surface area contributed by atoms with Gasteiger partial charge in [0.1, 0.15) is 11.6 Å².